The van der Waals surface area contributed by atoms with Crippen molar-refractivity contribution in [2.45, 2.75) is 19.1 Å². The van der Waals surface area contributed by atoms with Crippen LogP contribution in [0.3, 0.4) is 0 Å². The molecule has 2 aromatic heterocycles. The van der Waals surface area contributed by atoms with Crippen molar-refractivity contribution < 1.29 is 37.2 Å². The maximum absolute atomic E-state index is 14.2. The average molecular weight is 489 g/mol. The van der Waals surface area contributed by atoms with Crippen LogP contribution in [0.5, 0.6) is 0 Å². The number of amides is 2. The topological polar surface area (TPSA) is 157 Å². The van der Waals surface area contributed by atoms with Crippen LogP contribution < -0.4 is 16.0 Å². The van der Waals surface area contributed by atoms with Gasteiger partial charge in [0.25, 0.3) is 11.8 Å². The monoisotopic (exact) mass is 489 g/mol. The summed E-state index contributed by atoms with van der Waals surface area (Å²) in [5.41, 5.74) is 0.436. The number of aromatic amines is 1. The summed E-state index contributed by atoms with van der Waals surface area (Å²) in [4.78, 5) is 55.1. The SMILES string of the molecule is CC(=O)O[C@@H](C(=O)Nc1ccc(-c2noc(=O)[nH]2)cc1)[C@H]1OCCN(c2ccc(F)nc2F)C1=O. The van der Waals surface area contributed by atoms with Crippen LogP contribution in [0.15, 0.2) is 45.7 Å². The van der Waals surface area contributed by atoms with Gasteiger partial charge in [-0.05, 0) is 36.4 Å². The molecule has 35 heavy (non-hydrogen) atoms. The Bertz CT molecular complexity index is 1320. The van der Waals surface area contributed by atoms with Crippen LogP contribution in [0.2, 0.25) is 0 Å². The summed E-state index contributed by atoms with van der Waals surface area (Å²) in [5.74, 6) is -5.48. The summed E-state index contributed by atoms with van der Waals surface area (Å²) in [6.45, 7) is 0.824. The molecule has 0 spiro atoms. The summed E-state index contributed by atoms with van der Waals surface area (Å²) in [6, 6.07) is 7.91. The number of aromatic nitrogens is 3. The zero-order chi connectivity index (χ0) is 25.1. The highest BCUT2D eigenvalue weighted by Gasteiger charge is 2.43. The molecule has 2 N–H and O–H groups in total. The summed E-state index contributed by atoms with van der Waals surface area (Å²) in [7, 11) is 0. The first-order chi connectivity index (χ1) is 16.7. The van der Waals surface area contributed by atoms with E-state index in [1.807, 2.05) is 0 Å². The van der Waals surface area contributed by atoms with Crippen LogP contribution >= 0.6 is 0 Å². The van der Waals surface area contributed by atoms with Gasteiger partial charge in [0, 0.05) is 24.7 Å². The molecule has 1 aliphatic rings. The minimum atomic E-state index is -1.72. The third-order valence-electron chi connectivity index (χ3n) is 4.90. The quantitative estimate of drug-likeness (QED) is 0.381. The normalized spacial score (nSPS) is 16.6. The predicted molar refractivity (Wildman–Crippen MR) is 113 cm³/mol. The number of hydrogen-bond donors (Lipinski definition) is 2. The second kappa shape index (κ2) is 9.80. The Morgan fingerprint density at radius 3 is 2.57 bits per heavy atom. The zero-order valence-electron chi connectivity index (χ0n) is 18.0. The standard InChI is InChI=1S/C21H17F2N5O7/c1-10(29)34-15(16-20(31)28(8-9-33-16)13-6-7-14(22)25-17(13)23)19(30)24-12-4-2-11(3-5-12)18-26-21(32)35-27-18/h2-7,15-16H,8-9H2,1H3,(H,24,30)(H,26,27,32)/t15-,16-/m1/s1. The van der Waals surface area contributed by atoms with Crippen LogP contribution in [-0.4, -0.2) is 58.3 Å². The van der Waals surface area contributed by atoms with Gasteiger partial charge in [0.15, 0.2) is 11.9 Å². The van der Waals surface area contributed by atoms with Gasteiger partial charge in [-0.3, -0.25) is 23.9 Å². The van der Waals surface area contributed by atoms with Gasteiger partial charge in [-0.25, -0.2) is 4.79 Å². The largest absolute Gasteiger partial charge is 0.449 e. The second-order valence-electron chi connectivity index (χ2n) is 7.27. The molecule has 4 rings (SSSR count). The van der Waals surface area contributed by atoms with Gasteiger partial charge in [0.2, 0.25) is 18.0 Å². The van der Waals surface area contributed by atoms with E-state index >= 15 is 0 Å². The van der Waals surface area contributed by atoms with Gasteiger partial charge in [-0.2, -0.15) is 13.8 Å². The van der Waals surface area contributed by atoms with Crippen LogP contribution in [0, 0.1) is 11.9 Å². The van der Waals surface area contributed by atoms with Crippen LogP contribution in [0.1, 0.15) is 6.92 Å². The van der Waals surface area contributed by atoms with Crippen molar-refractivity contribution in [2.75, 3.05) is 23.4 Å². The molecule has 0 saturated carbocycles. The van der Waals surface area contributed by atoms with Crippen molar-refractivity contribution in [3.05, 3.63) is 58.8 Å². The molecule has 1 aromatic carbocycles. The lowest BCUT2D eigenvalue weighted by molar-refractivity contribution is -0.167. The highest BCUT2D eigenvalue weighted by atomic mass is 19.1. The molecule has 2 amide bonds. The molecule has 1 fully saturated rings. The number of H-pyrrole nitrogens is 1. The fourth-order valence-electron chi connectivity index (χ4n) is 3.38. The lowest BCUT2D eigenvalue weighted by Crippen LogP contribution is -2.56. The van der Waals surface area contributed by atoms with Gasteiger partial charge >= 0.3 is 11.7 Å². The van der Waals surface area contributed by atoms with E-state index in [1.165, 1.54) is 24.3 Å². The Morgan fingerprint density at radius 2 is 1.94 bits per heavy atom. The van der Waals surface area contributed by atoms with E-state index in [9.17, 15) is 28.0 Å². The molecule has 2 atom stereocenters. The molecule has 12 nitrogen and oxygen atoms in total. The van der Waals surface area contributed by atoms with Crippen LogP contribution in [0.4, 0.5) is 20.2 Å². The Labute approximate surface area is 194 Å². The van der Waals surface area contributed by atoms with Crippen molar-refractivity contribution >= 4 is 29.2 Å². The molecule has 0 bridgehead atoms. The molecule has 3 aromatic rings. The van der Waals surface area contributed by atoms with Crippen molar-refractivity contribution in [2.24, 2.45) is 0 Å². The van der Waals surface area contributed by atoms with Crippen LogP contribution in [-0.2, 0) is 23.9 Å². The Hall–Kier alpha value is -4.46. The molecule has 0 aliphatic carbocycles. The molecule has 1 aliphatic heterocycles. The average Bonchev–Trinajstić information content (AvgIpc) is 3.25. The Kier molecular flexibility index (Phi) is 6.64. The predicted octanol–water partition coefficient (Wildman–Crippen LogP) is 1.01. The van der Waals surface area contributed by atoms with Gasteiger partial charge in [-0.1, -0.05) is 5.16 Å². The van der Waals surface area contributed by atoms with Crippen molar-refractivity contribution in [3.8, 4) is 11.4 Å². The highest BCUT2D eigenvalue weighted by Crippen LogP contribution is 2.24. The van der Waals surface area contributed by atoms with Gasteiger partial charge in [0.1, 0.15) is 0 Å². The molecule has 0 radical (unpaired) electrons. The molecular formula is C21H17F2N5O7. The third-order valence-corrected chi connectivity index (χ3v) is 4.90. The molecule has 0 unspecified atom stereocenters. The van der Waals surface area contributed by atoms with Gasteiger partial charge < -0.3 is 19.7 Å². The summed E-state index contributed by atoms with van der Waals surface area (Å²) >= 11 is 0. The first-order valence-corrected chi connectivity index (χ1v) is 10.1. The van der Waals surface area contributed by atoms with Crippen molar-refractivity contribution in [1.29, 1.82) is 0 Å². The van der Waals surface area contributed by atoms with E-state index in [4.69, 9.17) is 9.47 Å². The number of benzene rings is 1. The maximum atomic E-state index is 14.2. The maximum Gasteiger partial charge on any atom is 0.439 e. The minimum Gasteiger partial charge on any atom is -0.449 e. The van der Waals surface area contributed by atoms with E-state index in [1.54, 1.807) is 0 Å². The van der Waals surface area contributed by atoms with Crippen LogP contribution in [0.25, 0.3) is 11.4 Å². The first kappa shape index (κ1) is 23.7. The lowest BCUT2D eigenvalue weighted by atomic mass is 10.1. The first-order valence-electron chi connectivity index (χ1n) is 10.1. The van der Waals surface area contributed by atoms with Crippen molar-refractivity contribution in [3.63, 3.8) is 0 Å². The molecule has 182 valence electrons. The number of morpholine rings is 1. The fraction of sp³-hybridized carbons (Fsp3) is 0.238. The second-order valence-corrected chi connectivity index (χ2v) is 7.27. The van der Waals surface area contributed by atoms with Crippen molar-refractivity contribution in [1.82, 2.24) is 15.1 Å². The van der Waals surface area contributed by atoms with E-state index < -0.39 is 47.6 Å². The number of ether oxygens (including phenoxy) is 2. The number of nitrogens with one attached hydrogen (secondary N) is 2. The van der Waals surface area contributed by atoms with E-state index in [0.29, 0.717) is 5.56 Å². The molecule has 1 saturated heterocycles. The number of pyridine rings is 1. The minimum absolute atomic E-state index is 0.0976. The molecule has 14 heteroatoms. The number of hydrogen-bond acceptors (Lipinski definition) is 9. The summed E-state index contributed by atoms with van der Waals surface area (Å²) < 4.78 is 42.3. The van der Waals surface area contributed by atoms with Gasteiger partial charge in [0.05, 0.1) is 12.3 Å². The molecular weight excluding hydrogens is 472 g/mol. The summed E-state index contributed by atoms with van der Waals surface area (Å²) in [5, 5.41) is 6.06. The van der Waals surface area contributed by atoms with E-state index in [2.05, 4.69) is 25.0 Å². The Morgan fingerprint density at radius 1 is 1.20 bits per heavy atom. The fourth-order valence-corrected chi connectivity index (χ4v) is 3.38. The highest BCUT2D eigenvalue weighted by molar-refractivity contribution is 6.04. The lowest BCUT2D eigenvalue weighted by Gasteiger charge is -2.35. The third kappa shape index (κ3) is 5.22. The summed E-state index contributed by atoms with van der Waals surface area (Å²) in [6.07, 6.45) is -3.32. The number of anilines is 2. The zero-order valence-corrected chi connectivity index (χ0v) is 18.0. The molecule has 3 heterocycles. The Balaban J connectivity index is 1.54. The number of carbonyl (C=O) groups is 3. The number of halogens is 2. The number of esters is 1. The smallest absolute Gasteiger partial charge is 0.439 e. The van der Waals surface area contributed by atoms with E-state index in [0.717, 1.165) is 24.0 Å². The van der Waals surface area contributed by atoms with E-state index in [-0.39, 0.29) is 30.4 Å². The van der Waals surface area contributed by atoms with Gasteiger partial charge in [-0.15, -0.1) is 0 Å². The number of rotatable bonds is 6. The number of nitrogens with zero attached hydrogens (tertiary/aromatic N) is 3. The number of carbonyl (C=O) groups excluding carboxylic acids is 3.